The molecule has 0 bridgehead atoms. The highest BCUT2D eigenvalue weighted by molar-refractivity contribution is 7.86. The van der Waals surface area contributed by atoms with Gasteiger partial charge in [-0.15, -0.1) is 0 Å². The van der Waals surface area contributed by atoms with Crippen molar-refractivity contribution in [3.05, 3.63) is 23.5 Å². The fourth-order valence-corrected chi connectivity index (χ4v) is 3.64. The second-order valence-corrected chi connectivity index (χ2v) is 6.94. The first-order valence-electron chi connectivity index (χ1n) is 7.13. The summed E-state index contributed by atoms with van der Waals surface area (Å²) in [6.07, 6.45) is 6.66. The first kappa shape index (κ1) is 16.0. The lowest BCUT2D eigenvalue weighted by Gasteiger charge is -2.35. The van der Waals surface area contributed by atoms with E-state index < -0.39 is 21.7 Å². The molecule has 1 aliphatic rings. The van der Waals surface area contributed by atoms with E-state index in [-0.39, 0.29) is 0 Å². The van der Waals surface area contributed by atoms with Crippen LogP contribution < -0.4 is 0 Å². The third-order valence-electron chi connectivity index (χ3n) is 3.66. The minimum absolute atomic E-state index is 0.296. The Morgan fingerprint density at radius 2 is 2.00 bits per heavy atom. The maximum Gasteiger partial charge on any atom is 0.339 e. The summed E-state index contributed by atoms with van der Waals surface area (Å²) in [5.41, 5.74) is 0.112. The van der Waals surface area contributed by atoms with Crippen molar-refractivity contribution in [2.45, 2.75) is 44.6 Å². The van der Waals surface area contributed by atoms with Gasteiger partial charge in [0.15, 0.2) is 0 Å². The van der Waals surface area contributed by atoms with E-state index in [1.807, 2.05) is 0 Å². The summed E-state index contributed by atoms with van der Waals surface area (Å²) in [5, 5.41) is 0. The van der Waals surface area contributed by atoms with E-state index >= 15 is 0 Å². The minimum atomic E-state index is -3.59. The predicted octanol–water partition coefficient (Wildman–Crippen LogP) is 2.33. The Labute approximate surface area is 125 Å². The van der Waals surface area contributed by atoms with Gasteiger partial charge in [-0.25, -0.2) is 4.79 Å². The van der Waals surface area contributed by atoms with Crippen LogP contribution in [0, 0.1) is 0 Å². The van der Waals surface area contributed by atoms with Crippen LogP contribution in [0.15, 0.2) is 12.3 Å². The van der Waals surface area contributed by atoms with Gasteiger partial charge in [-0.3, -0.25) is 4.18 Å². The highest BCUT2D eigenvalue weighted by Crippen LogP contribution is 2.41. The normalized spacial score (nSPS) is 18.4. The van der Waals surface area contributed by atoms with Crippen LogP contribution in [0.4, 0.5) is 0 Å². The summed E-state index contributed by atoms with van der Waals surface area (Å²) in [7, 11) is -3.59. The Morgan fingerprint density at radius 1 is 1.33 bits per heavy atom. The lowest BCUT2D eigenvalue weighted by molar-refractivity contribution is 0.0306. The molecule has 1 N–H and O–H groups in total. The van der Waals surface area contributed by atoms with Crippen molar-refractivity contribution in [2.24, 2.45) is 0 Å². The van der Waals surface area contributed by atoms with E-state index in [1.54, 1.807) is 13.0 Å². The zero-order valence-corrected chi connectivity index (χ0v) is 13.2. The monoisotopic (exact) mass is 315 g/mol. The van der Waals surface area contributed by atoms with Gasteiger partial charge in [0.2, 0.25) is 0 Å². The number of aromatic nitrogens is 1. The summed E-state index contributed by atoms with van der Waals surface area (Å²) in [6.45, 7) is 2.03. The average molecular weight is 315 g/mol. The van der Waals surface area contributed by atoms with E-state index in [0.29, 0.717) is 30.7 Å². The van der Waals surface area contributed by atoms with Gasteiger partial charge >= 0.3 is 5.97 Å². The molecule has 1 heterocycles. The molecular formula is C14H21NO5S. The van der Waals surface area contributed by atoms with Crippen molar-refractivity contribution in [1.29, 1.82) is 0 Å². The molecule has 2 rings (SSSR count). The molecule has 0 aromatic carbocycles. The molecule has 0 saturated heterocycles. The molecule has 0 radical (unpaired) electrons. The van der Waals surface area contributed by atoms with Crippen LogP contribution in [0.1, 0.15) is 55.1 Å². The smallest absolute Gasteiger partial charge is 0.339 e. The summed E-state index contributed by atoms with van der Waals surface area (Å²) in [4.78, 5) is 14.7. The third kappa shape index (κ3) is 3.85. The van der Waals surface area contributed by atoms with Gasteiger partial charge in [-0.2, -0.15) is 8.42 Å². The molecule has 0 amide bonds. The highest BCUT2D eigenvalue weighted by Gasteiger charge is 2.40. The molecule has 21 heavy (non-hydrogen) atoms. The topological polar surface area (TPSA) is 85.5 Å². The molecule has 118 valence electrons. The third-order valence-corrected chi connectivity index (χ3v) is 4.28. The summed E-state index contributed by atoms with van der Waals surface area (Å²) < 4.78 is 33.5. The van der Waals surface area contributed by atoms with Gasteiger partial charge in [0.05, 0.1) is 18.4 Å². The van der Waals surface area contributed by atoms with Crippen molar-refractivity contribution in [3.63, 3.8) is 0 Å². The van der Waals surface area contributed by atoms with E-state index in [0.717, 1.165) is 25.5 Å². The SMILES string of the molecule is CCOC(=O)c1c[nH]c(C2(OS(C)(=O)=O)CCCCC2)c1. The van der Waals surface area contributed by atoms with E-state index in [4.69, 9.17) is 8.92 Å². The average Bonchev–Trinajstić information content (AvgIpc) is 2.88. The molecule has 1 aromatic rings. The Kier molecular flexibility index (Phi) is 4.73. The number of hydrogen-bond acceptors (Lipinski definition) is 5. The molecule has 1 aliphatic carbocycles. The van der Waals surface area contributed by atoms with Crippen LogP contribution >= 0.6 is 0 Å². The van der Waals surface area contributed by atoms with Crippen molar-refractivity contribution >= 4 is 16.1 Å². The van der Waals surface area contributed by atoms with Gasteiger partial charge < -0.3 is 9.72 Å². The Bertz CT molecular complexity index is 599. The van der Waals surface area contributed by atoms with Gasteiger partial charge in [0.25, 0.3) is 10.1 Å². The molecule has 1 fully saturated rings. The second kappa shape index (κ2) is 6.19. The predicted molar refractivity (Wildman–Crippen MR) is 77.4 cm³/mol. The summed E-state index contributed by atoms with van der Waals surface area (Å²) in [6, 6.07) is 1.63. The molecule has 0 aliphatic heterocycles. The van der Waals surface area contributed by atoms with Crippen LogP contribution in [0.5, 0.6) is 0 Å². The quantitative estimate of drug-likeness (QED) is 0.666. The summed E-state index contributed by atoms with van der Waals surface area (Å²) in [5.74, 6) is -0.426. The lowest BCUT2D eigenvalue weighted by atomic mass is 9.82. The fourth-order valence-electron chi connectivity index (χ4n) is 2.80. The maximum absolute atomic E-state index is 11.7. The largest absolute Gasteiger partial charge is 0.462 e. The standard InChI is InChI=1S/C14H21NO5S/c1-3-19-13(16)11-9-12(15-10-11)14(20-21(2,17)18)7-5-4-6-8-14/h9-10,15H,3-8H2,1-2H3. The van der Waals surface area contributed by atoms with Crippen molar-refractivity contribution in [2.75, 3.05) is 12.9 Å². The van der Waals surface area contributed by atoms with Crippen LogP contribution in [0.25, 0.3) is 0 Å². The van der Waals surface area contributed by atoms with Crippen LogP contribution in [0.3, 0.4) is 0 Å². The molecule has 0 atom stereocenters. The number of H-pyrrole nitrogens is 1. The fraction of sp³-hybridized carbons (Fsp3) is 0.643. The molecule has 0 unspecified atom stereocenters. The Balaban J connectivity index is 2.31. The number of nitrogens with one attached hydrogen (secondary N) is 1. The van der Waals surface area contributed by atoms with Crippen LogP contribution in [-0.2, 0) is 24.6 Å². The number of rotatable bonds is 5. The number of carbonyl (C=O) groups excluding carboxylic acids is 1. The van der Waals surface area contributed by atoms with E-state index in [2.05, 4.69) is 4.98 Å². The van der Waals surface area contributed by atoms with Gasteiger partial charge in [-0.1, -0.05) is 19.3 Å². The molecule has 0 spiro atoms. The number of aromatic amines is 1. The zero-order chi connectivity index (χ0) is 15.5. The highest BCUT2D eigenvalue weighted by atomic mass is 32.2. The van der Waals surface area contributed by atoms with Gasteiger partial charge in [-0.05, 0) is 25.8 Å². The van der Waals surface area contributed by atoms with E-state index in [9.17, 15) is 13.2 Å². The van der Waals surface area contributed by atoms with Gasteiger partial charge in [0.1, 0.15) is 5.60 Å². The molecule has 7 heteroatoms. The molecular weight excluding hydrogens is 294 g/mol. The zero-order valence-electron chi connectivity index (χ0n) is 12.3. The first-order chi connectivity index (χ1) is 9.86. The first-order valence-corrected chi connectivity index (χ1v) is 8.94. The molecule has 1 aromatic heterocycles. The van der Waals surface area contributed by atoms with Crippen molar-refractivity contribution < 1.29 is 22.1 Å². The summed E-state index contributed by atoms with van der Waals surface area (Å²) >= 11 is 0. The Morgan fingerprint density at radius 3 is 2.57 bits per heavy atom. The number of esters is 1. The number of hydrogen-bond donors (Lipinski definition) is 1. The van der Waals surface area contributed by atoms with Crippen LogP contribution in [0.2, 0.25) is 0 Å². The second-order valence-electron chi connectivity index (χ2n) is 5.36. The van der Waals surface area contributed by atoms with Crippen LogP contribution in [-0.4, -0.2) is 32.2 Å². The van der Waals surface area contributed by atoms with Gasteiger partial charge in [0, 0.05) is 11.9 Å². The minimum Gasteiger partial charge on any atom is -0.462 e. The molecule has 6 nitrogen and oxygen atoms in total. The van der Waals surface area contributed by atoms with Crippen molar-refractivity contribution in [3.8, 4) is 0 Å². The Hall–Kier alpha value is -1.34. The molecule has 1 saturated carbocycles. The van der Waals surface area contributed by atoms with Crippen molar-refractivity contribution in [1.82, 2.24) is 4.98 Å². The van der Waals surface area contributed by atoms with E-state index in [1.165, 1.54) is 6.20 Å². The number of carbonyl (C=O) groups is 1. The lowest BCUT2D eigenvalue weighted by Crippen LogP contribution is -2.34. The maximum atomic E-state index is 11.7. The number of ether oxygens (including phenoxy) is 1.